The SMILES string of the molecule is Cc1ccc(CN(Cc2nc(C(=O)NCc3ccc(F)cc3)co2)C(C)C(C)C)cc1. The van der Waals surface area contributed by atoms with Crippen LogP contribution in [-0.2, 0) is 19.6 Å². The summed E-state index contributed by atoms with van der Waals surface area (Å²) in [6, 6.07) is 14.8. The molecule has 0 aliphatic heterocycles. The van der Waals surface area contributed by atoms with Gasteiger partial charge in [-0.2, -0.15) is 0 Å². The fraction of sp³-hybridized carbons (Fsp3) is 0.360. The Kier molecular flexibility index (Phi) is 7.58. The van der Waals surface area contributed by atoms with Gasteiger partial charge < -0.3 is 9.73 Å². The summed E-state index contributed by atoms with van der Waals surface area (Å²) in [4.78, 5) is 19.1. The molecule has 0 radical (unpaired) electrons. The summed E-state index contributed by atoms with van der Waals surface area (Å²) in [5.74, 6) is 0.341. The first-order valence-corrected chi connectivity index (χ1v) is 10.6. The van der Waals surface area contributed by atoms with Gasteiger partial charge in [-0.3, -0.25) is 9.69 Å². The minimum Gasteiger partial charge on any atom is -0.447 e. The van der Waals surface area contributed by atoms with E-state index in [1.165, 1.54) is 29.5 Å². The zero-order valence-electron chi connectivity index (χ0n) is 18.6. The second-order valence-corrected chi connectivity index (χ2v) is 8.31. The summed E-state index contributed by atoms with van der Waals surface area (Å²) in [5.41, 5.74) is 3.51. The van der Waals surface area contributed by atoms with E-state index in [9.17, 15) is 9.18 Å². The molecule has 1 amide bonds. The normalized spacial score (nSPS) is 12.4. The van der Waals surface area contributed by atoms with E-state index in [1.807, 2.05) is 0 Å². The second-order valence-electron chi connectivity index (χ2n) is 8.31. The molecule has 5 nitrogen and oxygen atoms in total. The van der Waals surface area contributed by atoms with Crippen molar-refractivity contribution in [2.75, 3.05) is 0 Å². The molecule has 164 valence electrons. The van der Waals surface area contributed by atoms with Crippen molar-refractivity contribution in [2.45, 2.75) is 53.4 Å². The van der Waals surface area contributed by atoms with Crippen molar-refractivity contribution < 1.29 is 13.6 Å². The number of carbonyl (C=O) groups is 1. The summed E-state index contributed by atoms with van der Waals surface area (Å²) in [6.07, 6.45) is 1.39. The quantitative estimate of drug-likeness (QED) is 0.520. The van der Waals surface area contributed by atoms with E-state index >= 15 is 0 Å². The molecule has 2 aromatic carbocycles. The number of aryl methyl sites for hydroxylation is 1. The number of carbonyl (C=O) groups excluding carboxylic acids is 1. The molecule has 1 heterocycles. The predicted molar refractivity (Wildman–Crippen MR) is 119 cm³/mol. The number of hydrogen-bond acceptors (Lipinski definition) is 4. The van der Waals surface area contributed by atoms with E-state index in [1.54, 1.807) is 12.1 Å². The highest BCUT2D eigenvalue weighted by molar-refractivity contribution is 5.91. The molecule has 1 N–H and O–H groups in total. The molecular formula is C25H30FN3O2. The van der Waals surface area contributed by atoms with Crippen LogP contribution in [0.1, 0.15) is 53.8 Å². The molecule has 0 bridgehead atoms. The van der Waals surface area contributed by atoms with Crippen LogP contribution in [0.15, 0.2) is 59.2 Å². The number of aromatic nitrogens is 1. The number of amides is 1. The molecule has 0 saturated carbocycles. The highest BCUT2D eigenvalue weighted by Crippen LogP contribution is 2.18. The number of nitrogens with zero attached hydrogens (tertiary/aromatic N) is 2. The average Bonchev–Trinajstić information content (AvgIpc) is 3.22. The lowest BCUT2D eigenvalue weighted by molar-refractivity contribution is 0.0945. The number of hydrogen-bond donors (Lipinski definition) is 1. The van der Waals surface area contributed by atoms with Crippen molar-refractivity contribution in [3.05, 3.63) is 88.9 Å². The minimum absolute atomic E-state index is 0.240. The first-order chi connectivity index (χ1) is 14.8. The monoisotopic (exact) mass is 423 g/mol. The summed E-state index contributed by atoms with van der Waals surface area (Å²) in [7, 11) is 0. The molecular weight excluding hydrogens is 393 g/mol. The average molecular weight is 424 g/mol. The predicted octanol–water partition coefficient (Wildman–Crippen LogP) is 5.10. The fourth-order valence-corrected chi connectivity index (χ4v) is 3.23. The Morgan fingerprint density at radius 1 is 1.03 bits per heavy atom. The maximum atomic E-state index is 13.0. The first kappa shape index (κ1) is 22.7. The lowest BCUT2D eigenvalue weighted by Gasteiger charge is -2.30. The van der Waals surface area contributed by atoms with Crippen molar-refractivity contribution >= 4 is 5.91 Å². The highest BCUT2D eigenvalue weighted by atomic mass is 19.1. The van der Waals surface area contributed by atoms with Gasteiger partial charge in [-0.05, 0) is 43.0 Å². The maximum absolute atomic E-state index is 13.0. The molecule has 3 aromatic rings. The minimum atomic E-state index is -0.318. The molecule has 1 aromatic heterocycles. The van der Waals surface area contributed by atoms with Gasteiger partial charge in [0.05, 0.1) is 6.54 Å². The Morgan fingerprint density at radius 3 is 2.32 bits per heavy atom. The Balaban J connectivity index is 1.64. The third-order valence-corrected chi connectivity index (χ3v) is 5.54. The van der Waals surface area contributed by atoms with Crippen LogP contribution in [0, 0.1) is 18.7 Å². The molecule has 3 rings (SSSR count). The summed E-state index contributed by atoms with van der Waals surface area (Å²) in [6.45, 7) is 10.2. The topological polar surface area (TPSA) is 58.4 Å². The highest BCUT2D eigenvalue weighted by Gasteiger charge is 2.21. The van der Waals surface area contributed by atoms with Gasteiger partial charge >= 0.3 is 0 Å². The summed E-state index contributed by atoms with van der Waals surface area (Å²) in [5, 5.41) is 2.79. The molecule has 31 heavy (non-hydrogen) atoms. The molecule has 1 unspecified atom stereocenters. The van der Waals surface area contributed by atoms with Gasteiger partial charge in [-0.1, -0.05) is 55.8 Å². The smallest absolute Gasteiger partial charge is 0.273 e. The van der Waals surface area contributed by atoms with Crippen molar-refractivity contribution in [1.82, 2.24) is 15.2 Å². The number of oxazole rings is 1. The van der Waals surface area contributed by atoms with Crippen LogP contribution >= 0.6 is 0 Å². The van der Waals surface area contributed by atoms with E-state index in [0.29, 0.717) is 30.9 Å². The van der Waals surface area contributed by atoms with Gasteiger partial charge in [-0.25, -0.2) is 9.37 Å². The second kappa shape index (κ2) is 10.4. The van der Waals surface area contributed by atoms with Crippen LogP contribution < -0.4 is 5.32 Å². The maximum Gasteiger partial charge on any atom is 0.273 e. The first-order valence-electron chi connectivity index (χ1n) is 10.6. The number of halogens is 1. The van der Waals surface area contributed by atoms with Crippen LogP contribution in [0.5, 0.6) is 0 Å². The molecule has 0 fully saturated rings. The molecule has 1 atom stereocenters. The third kappa shape index (κ3) is 6.49. The Morgan fingerprint density at radius 2 is 1.68 bits per heavy atom. The zero-order valence-corrected chi connectivity index (χ0v) is 18.6. The van der Waals surface area contributed by atoms with Crippen LogP contribution in [0.4, 0.5) is 4.39 Å². The molecule has 0 aliphatic carbocycles. The fourth-order valence-electron chi connectivity index (χ4n) is 3.23. The largest absolute Gasteiger partial charge is 0.447 e. The Labute approximate surface area is 183 Å². The van der Waals surface area contributed by atoms with E-state index in [4.69, 9.17) is 4.42 Å². The van der Waals surface area contributed by atoms with Gasteiger partial charge in [0.15, 0.2) is 5.69 Å². The van der Waals surface area contributed by atoms with Gasteiger partial charge in [-0.15, -0.1) is 0 Å². The summed E-state index contributed by atoms with van der Waals surface area (Å²) < 4.78 is 18.6. The molecule has 0 saturated heterocycles. The number of benzene rings is 2. The van der Waals surface area contributed by atoms with Gasteiger partial charge in [0, 0.05) is 19.1 Å². The summed E-state index contributed by atoms with van der Waals surface area (Å²) >= 11 is 0. The van der Waals surface area contributed by atoms with Crippen LogP contribution in [0.3, 0.4) is 0 Å². The van der Waals surface area contributed by atoms with Gasteiger partial charge in [0.25, 0.3) is 5.91 Å². The lowest BCUT2D eigenvalue weighted by Crippen LogP contribution is -2.36. The van der Waals surface area contributed by atoms with Gasteiger partial charge in [0.1, 0.15) is 12.1 Å². The van der Waals surface area contributed by atoms with Crippen LogP contribution in [0.2, 0.25) is 0 Å². The van der Waals surface area contributed by atoms with E-state index in [2.05, 4.69) is 67.2 Å². The van der Waals surface area contributed by atoms with E-state index in [-0.39, 0.29) is 17.4 Å². The van der Waals surface area contributed by atoms with E-state index < -0.39 is 0 Å². The Hall–Kier alpha value is -2.99. The van der Waals surface area contributed by atoms with Crippen LogP contribution in [0.25, 0.3) is 0 Å². The van der Waals surface area contributed by atoms with Crippen molar-refractivity contribution in [3.8, 4) is 0 Å². The zero-order chi connectivity index (χ0) is 22.4. The van der Waals surface area contributed by atoms with Crippen molar-refractivity contribution in [2.24, 2.45) is 5.92 Å². The van der Waals surface area contributed by atoms with Gasteiger partial charge in [0.2, 0.25) is 5.89 Å². The molecule has 0 spiro atoms. The third-order valence-electron chi connectivity index (χ3n) is 5.54. The van der Waals surface area contributed by atoms with Crippen LogP contribution in [-0.4, -0.2) is 21.8 Å². The van der Waals surface area contributed by atoms with Crippen molar-refractivity contribution in [3.63, 3.8) is 0 Å². The van der Waals surface area contributed by atoms with E-state index in [0.717, 1.165) is 12.1 Å². The molecule has 6 heteroatoms. The van der Waals surface area contributed by atoms with Crippen molar-refractivity contribution in [1.29, 1.82) is 0 Å². The number of nitrogens with one attached hydrogen (secondary N) is 1. The number of rotatable bonds is 9. The Bertz CT molecular complexity index is 981. The molecule has 0 aliphatic rings. The standard InChI is InChI=1S/C25H30FN3O2/c1-17(2)19(4)29(14-21-7-5-18(3)6-8-21)15-24-28-23(16-31-24)25(30)27-13-20-9-11-22(26)12-10-20/h5-12,16-17,19H,13-15H2,1-4H3,(H,27,30). The lowest BCUT2D eigenvalue weighted by atomic mass is 10.0.